The Morgan fingerprint density at radius 1 is 1.29 bits per heavy atom. The fourth-order valence-corrected chi connectivity index (χ4v) is 2.68. The number of imidazole rings is 1. The van der Waals surface area contributed by atoms with Crippen LogP contribution in [0.5, 0.6) is 5.75 Å². The van der Waals surface area contributed by atoms with Gasteiger partial charge in [0, 0.05) is 42.8 Å². The molecule has 0 spiro atoms. The second-order valence-electron chi connectivity index (χ2n) is 5.25. The highest BCUT2D eigenvalue weighted by Gasteiger charge is 2.08. The minimum atomic E-state index is 0.593. The number of aryl methyl sites for hydroxylation is 1. The molecule has 24 heavy (non-hydrogen) atoms. The van der Waals surface area contributed by atoms with Crippen LogP contribution in [-0.4, -0.2) is 33.3 Å². The minimum Gasteiger partial charge on any atom is -0.494 e. The van der Waals surface area contributed by atoms with Crippen molar-refractivity contribution >= 4 is 33.9 Å². The van der Waals surface area contributed by atoms with E-state index >= 15 is 0 Å². The average Bonchev–Trinajstić information content (AvgIpc) is 3.12. The van der Waals surface area contributed by atoms with Gasteiger partial charge < -0.3 is 19.9 Å². The number of fused-ring (bicyclic) bond motifs is 1. The number of thiocarbonyl (C=S) groups is 1. The average molecular weight is 341 g/mol. The van der Waals surface area contributed by atoms with Gasteiger partial charge in [-0.2, -0.15) is 0 Å². The summed E-state index contributed by atoms with van der Waals surface area (Å²) in [6.07, 6.45) is 8.26. The van der Waals surface area contributed by atoms with Gasteiger partial charge >= 0.3 is 0 Å². The molecule has 3 aromatic rings. The lowest BCUT2D eigenvalue weighted by Gasteiger charge is -2.13. The van der Waals surface area contributed by atoms with E-state index in [4.69, 9.17) is 17.0 Å². The number of nitrogens with one attached hydrogen (secondary N) is 2. The Kier molecular flexibility index (Phi) is 5.22. The molecule has 3 rings (SSSR count). The van der Waals surface area contributed by atoms with Gasteiger partial charge in [0.1, 0.15) is 11.3 Å². The Balaban J connectivity index is 1.59. The molecule has 0 atom stereocenters. The highest BCUT2D eigenvalue weighted by Crippen LogP contribution is 2.29. The maximum atomic E-state index is 5.38. The molecule has 2 N–H and O–H groups in total. The van der Waals surface area contributed by atoms with Gasteiger partial charge in [-0.1, -0.05) is 0 Å². The quantitative estimate of drug-likeness (QED) is 0.531. The smallest absolute Gasteiger partial charge is 0.170 e. The van der Waals surface area contributed by atoms with E-state index in [2.05, 4.69) is 20.6 Å². The van der Waals surface area contributed by atoms with Gasteiger partial charge in [-0.05, 0) is 42.9 Å². The molecular formula is C17H19N5OS. The van der Waals surface area contributed by atoms with Crippen LogP contribution in [0.1, 0.15) is 6.42 Å². The lowest BCUT2D eigenvalue weighted by atomic mass is 10.1. The van der Waals surface area contributed by atoms with E-state index in [-0.39, 0.29) is 0 Å². The van der Waals surface area contributed by atoms with E-state index < -0.39 is 0 Å². The highest BCUT2D eigenvalue weighted by molar-refractivity contribution is 7.80. The first-order valence-electron chi connectivity index (χ1n) is 7.70. The number of hydrogen-bond acceptors (Lipinski definition) is 4. The lowest BCUT2D eigenvalue weighted by Crippen LogP contribution is -2.29. The number of hydrogen-bond donors (Lipinski definition) is 2. The topological polar surface area (TPSA) is 64.0 Å². The summed E-state index contributed by atoms with van der Waals surface area (Å²) < 4.78 is 7.40. The van der Waals surface area contributed by atoms with Gasteiger partial charge in [-0.15, -0.1) is 0 Å². The summed E-state index contributed by atoms with van der Waals surface area (Å²) in [6.45, 7) is 1.70. The van der Waals surface area contributed by atoms with Crippen LogP contribution in [0, 0.1) is 0 Å². The van der Waals surface area contributed by atoms with Crippen molar-refractivity contribution in [2.75, 3.05) is 19.0 Å². The molecule has 1 aromatic carbocycles. The van der Waals surface area contributed by atoms with E-state index in [9.17, 15) is 0 Å². The largest absolute Gasteiger partial charge is 0.494 e. The number of aromatic nitrogens is 3. The summed E-state index contributed by atoms with van der Waals surface area (Å²) in [5, 5.41) is 8.02. The Morgan fingerprint density at radius 3 is 3.00 bits per heavy atom. The van der Waals surface area contributed by atoms with Crippen molar-refractivity contribution in [2.24, 2.45) is 0 Å². The molecule has 0 saturated carbocycles. The number of nitrogens with zero attached hydrogens (tertiary/aromatic N) is 3. The third kappa shape index (κ3) is 3.80. The van der Waals surface area contributed by atoms with Crippen LogP contribution in [0.2, 0.25) is 0 Å². The predicted octanol–water partition coefficient (Wildman–Crippen LogP) is 2.82. The van der Waals surface area contributed by atoms with Gasteiger partial charge in [0.2, 0.25) is 0 Å². The van der Waals surface area contributed by atoms with Crippen LogP contribution >= 0.6 is 12.2 Å². The van der Waals surface area contributed by atoms with E-state index in [1.54, 1.807) is 19.5 Å². The molecule has 124 valence electrons. The molecule has 7 heteroatoms. The summed E-state index contributed by atoms with van der Waals surface area (Å²) in [5.74, 6) is 0.746. The zero-order valence-corrected chi connectivity index (χ0v) is 14.2. The van der Waals surface area contributed by atoms with Crippen molar-refractivity contribution in [3.63, 3.8) is 0 Å². The molecule has 0 radical (unpaired) electrons. The maximum Gasteiger partial charge on any atom is 0.170 e. The van der Waals surface area contributed by atoms with Crippen LogP contribution in [0.4, 0.5) is 5.69 Å². The third-order valence-electron chi connectivity index (χ3n) is 3.64. The molecule has 0 fully saturated rings. The Bertz CT molecular complexity index is 819. The second-order valence-corrected chi connectivity index (χ2v) is 5.66. The lowest BCUT2D eigenvalue weighted by molar-refractivity contribution is 0.419. The SMILES string of the molecule is COc1ccc(NC(=S)NCCCn2ccnc2)c2cccnc12. The monoisotopic (exact) mass is 341 g/mol. The molecule has 2 heterocycles. The van der Waals surface area contributed by atoms with Gasteiger partial charge in [-0.3, -0.25) is 4.98 Å². The van der Waals surface area contributed by atoms with E-state index in [1.807, 2.05) is 41.4 Å². The molecule has 0 unspecified atom stereocenters. The Morgan fingerprint density at radius 2 is 2.21 bits per heavy atom. The fourth-order valence-electron chi connectivity index (χ4n) is 2.47. The molecule has 0 bridgehead atoms. The first-order valence-corrected chi connectivity index (χ1v) is 8.11. The van der Waals surface area contributed by atoms with Crippen molar-refractivity contribution in [2.45, 2.75) is 13.0 Å². The van der Waals surface area contributed by atoms with Crippen LogP contribution in [0.15, 0.2) is 49.2 Å². The first-order chi connectivity index (χ1) is 11.8. The highest BCUT2D eigenvalue weighted by atomic mass is 32.1. The van der Waals surface area contributed by atoms with Gasteiger partial charge in [0.05, 0.1) is 13.4 Å². The summed E-state index contributed by atoms with van der Waals surface area (Å²) >= 11 is 5.38. The van der Waals surface area contributed by atoms with Crippen LogP contribution < -0.4 is 15.4 Å². The minimum absolute atomic E-state index is 0.593. The normalized spacial score (nSPS) is 10.5. The number of anilines is 1. The number of rotatable bonds is 6. The van der Waals surface area contributed by atoms with Crippen molar-refractivity contribution in [3.8, 4) is 5.75 Å². The number of benzene rings is 1. The second kappa shape index (κ2) is 7.74. The van der Waals surface area contributed by atoms with Crippen molar-refractivity contribution < 1.29 is 4.74 Å². The van der Waals surface area contributed by atoms with E-state index in [0.29, 0.717) is 5.11 Å². The van der Waals surface area contributed by atoms with Crippen molar-refractivity contribution in [1.82, 2.24) is 19.9 Å². The summed E-state index contributed by atoms with van der Waals surface area (Å²) in [7, 11) is 1.64. The van der Waals surface area contributed by atoms with Crippen LogP contribution in [0.25, 0.3) is 10.9 Å². The van der Waals surface area contributed by atoms with Crippen molar-refractivity contribution in [1.29, 1.82) is 0 Å². The van der Waals surface area contributed by atoms with E-state index in [0.717, 1.165) is 41.9 Å². The fraction of sp³-hybridized carbons (Fsp3) is 0.235. The molecule has 0 aliphatic heterocycles. The maximum absolute atomic E-state index is 5.38. The van der Waals surface area contributed by atoms with Crippen LogP contribution in [0.3, 0.4) is 0 Å². The summed E-state index contributed by atoms with van der Waals surface area (Å²) in [5.41, 5.74) is 1.72. The molecule has 0 aliphatic carbocycles. The Labute approximate surface area is 145 Å². The molecule has 6 nitrogen and oxygen atoms in total. The standard InChI is InChI=1S/C17H19N5OS/c1-23-15-6-5-14(13-4-2-7-19-16(13)15)21-17(24)20-8-3-10-22-11-9-18-12-22/h2,4-7,9,11-12H,3,8,10H2,1H3,(H2,20,21,24). The molecule has 0 aliphatic rings. The predicted molar refractivity (Wildman–Crippen MR) is 99.4 cm³/mol. The zero-order valence-electron chi connectivity index (χ0n) is 13.4. The van der Waals surface area contributed by atoms with Crippen LogP contribution in [-0.2, 0) is 6.54 Å². The third-order valence-corrected chi connectivity index (χ3v) is 3.89. The molecule has 0 saturated heterocycles. The number of pyridine rings is 1. The number of ether oxygens (including phenoxy) is 1. The summed E-state index contributed by atoms with van der Waals surface area (Å²) in [4.78, 5) is 8.41. The Hall–Kier alpha value is -2.67. The van der Waals surface area contributed by atoms with Gasteiger partial charge in [0.15, 0.2) is 5.11 Å². The molecule has 2 aromatic heterocycles. The van der Waals surface area contributed by atoms with Crippen molar-refractivity contribution in [3.05, 3.63) is 49.2 Å². The van der Waals surface area contributed by atoms with Gasteiger partial charge in [0.25, 0.3) is 0 Å². The molecular weight excluding hydrogens is 322 g/mol. The number of methoxy groups -OCH3 is 1. The first kappa shape index (κ1) is 16.2. The molecule has 0 amide bonds. The van der Waals surface area contributed by atoms with Gasteiger partial charge in [-0.25, -0.2) is 4.98 Å². The summed E-state index contributed by atoms with van der Waals surface area (Å²) in [6, 6.07) is 7.73. The zero-order chi connectivity index (χ0) is 16.8. The van der Waals surface area contributed by atoms with E-state index in [1.165, 1.54) is 0 Å².